The molecule has 2 aliphatic heterocycles. The van der Waals surface area contributed by atoms with Crippen LogP contribution in [0.1, 0.15) is 120 Å². The monoisotopic (exact) mass is 866 g/mol. The topological polar surface area (TPSA) is 97.7 Å². The Labute approximate surface area is 366 Å². The molecule has 11 heteroatoms. The van der Waals surface area contributed by atoms with Crippen LogP contribution in [0.2, 0.25) is 0 Å². The molecule has 0 aliphatic carbocycles. The van der Waals surface area contributed by atoms with Gasteiger partial charge < -0.3 is 24.2 Å². The molecule has 4 heterocycles. The van der Waals surface area contributed by atoms with Crippen LogP contribution in [0, 0.1) is 40.4 Å². The molecule has 0 saturated carbocycles. The van der Waals surface area contributed by atoms with Crippen molar-refractivity contribution in [3.8, 4) is 11.5 Å². The molecule has 60 heavy (non-hydrogen) atoms. The summed E-state index contributed by atoms with van der Waals surface area (Å²) in [5, 5.41) is 0. The van der Waals surface area contributed by atoms with E-state index in [1.807, 2.05) is 57.2 Å². The van der Waals surface area contributed by atoms with Gasteiger partial charge in [0, 0.05) is 5.57 Å². The zero-order chi connectivity index (χ0) is 43.9. The molecule has 0 amide bonds. The molecule has 0 atom stereocenters. The van der Waals surface area contributed by atoms with Crippen LogP contribution in [0.15, 0.2) is 92.5 Å². The number of allylic oxidation sites excluding steroid dienone is 3. The number of ether oxygens (including phenoxy) is 3. The predicted octanol–water partition coefficient (Wildman–Crippen LogP) is 11.7. The first-order valence-electron chi connectivity index (χ1n) is 19.7. The van der Waals surface area contributed by atoms with E-state index in [-0.39, 0.29) is 47.6 Å². The number of hydrogen-bond donors (Lipinski definition) is 0. The minimum absolute atomic E-state index is 0. The Hall–Kier alpha value is -5.15. The number of carbonyl (C=O) groups is 1. The molecule has 2 aromatic carbocycles. The van der Waals surface area contributed by atoms with Gasteiger partial charge in [-0.15, -0.1) is 5.69 Å². The molecule has 0 spiro atoms. The quantitative estimate of drug-likeness (QED) is 0.104. The first-order chi connectivity index (χ1) is 27.5. The van der Waals surface area contributed by atoms with E-state index in [4.69, 9.17) is 19.2 Å². The van der Waals surface area contributed by atoms with Gasteiger partial charge in [0.25, 0.3) is 0 Å². The SMILES string of the molecule is CC1=N/C(=C(/Oc2ccc(C(C)(C)C)cc2)c2[n-]c(C)c(C)c2C)C(C)=C1F.COC(=O)C1=C(C)/C(=C(\Oc2ccc(C(C)(C)C)cc2)c2[n-]c(C)c(F)c2C)N=C1C.[Zn+2]. The molecule has 4 aromatic rings. The summed E-state index contributed by atoms with van der Waals surface area (Å²) in [6.45, 7) is 29.1. The Morgan fingerprint density at radius 1 is 0.583 bits per heavy atom. The summed E-state index contributed by atoms with van der Waals surface area (Å²) in [6, 6.07) is 15.8. The molecule has 0 N–H and O–H groups in total. The van der Waals surface area contributed by atoms with Crippen LogP contribution in [-0.4, -0.2) is 24.5 Å². The summed E-state index contributed by atoms with van der Waals surface area (Å²) in [6.07, 6.45) is 0. The smallest absolute Gasteiger partial charge is 0.658 e. The van der Waals surface area contributed by atoms with Gasteiger partial charge in [0.15, 0.2) is 0 Å². The Balaban J connectivity index is 0.000000262. The van der Waals surface area contributed by atoms with Crippen molar-refractivity contribution in [3.05, 3.63) is 139 Å². The fourth-order valence-electron chi connectivity index (χ4n) is 6.82. The van der Waals surface area contributed by atoms with Gasteiger partial charge in [-0.1, -0.05) is 102 Å². The summed E-state index contributed by atoms with van der Waals surface area (Å²) in [5.74, 6) is 0.914. The normalized spacial score (nSPS) is 15.9. The molecule has 0 fully saturated rings. The number of rotatable bonds is 7. The van der Waals surface area contributed by atoms with Gasteiger partial charge in [0.05, 0.1) is 24.1 Å². The summed E-state index contributed by atoms with van der Waals surface area (Å²) in [7, 11) is 1.33. The summed E-state index contributed by atoms with van der Waals surface area (Å²) >= 11 is 0. The number of halogens is 2. The first-order valence-corrected chi connectivity index (χ1v) is 19.7. The molecular weight excluding hydrogens is 812 g/mol. The van der Waals surface area contributed by atoms with Crippen molar-refractivity contribution >= 4 is 28.9 Å². The number of aryl methyl sites for hydroxylation is 2. The minimum atomic E-state index is -0.475. The van der Waals surface area contributed by atoms with Gasteiger partial charge in [-0.05, 0) is 106 Å². The van der Waals surface area contributed by atoms with Crippen molar-refractivity contribution < 1.29 is 47.3 Å². The fourth-order valence-corrected chi connectivity index (χ4v) is 6.82. The van der Waals surface area contributed by atoms with Crippen molar-refractivity contribution in [1.82, 2.24) is 9.97 Å². The van der Waals surface area contributed by atoms with Gasteiger partial charge in [0.1, 0.15) is 46.1 Å². The number of aliphatic imine (C=N–C) groups is 2. The van der Waals surface area contributed by atoms with Crippen LogP contribution < -0.4 is 19.4 Å². The summed E-state index contributed by atoms with van der Waals surface area (Å²) < 4.78 is 46.3. The molecule has 2 aliphatic rings. The van der Waals surface area contributed by atoms with Crippen LogP contribution >= 0.6 is 0 Å². The van der Waals surface area contributed by atoms with Gasteiger partial charge >= 0.3 is 25.4 Å². The molecule has 2 aromatic heterocycles. The van der Waals surface area contributed by atoms with Crippen molar-refractivity contribution in [1.29, 1.82) is 0 Å². The van der Waals surface area contributed by atoms with E-state index in [0.717, 1.165) is 28.1 Å². The van der Waals surface area contributed by atoms with E-state index in [2.05, 4.69) is 68.6 Å². The molecule has 0 radical (unpaired) electrons. The van der Waals surface area contributed by atoms with Crippen molar-refractivity contribution in [3.63, 3.8) is 0 Å². The zero-order valence-corrected chi connectivity index (χ0v) is 41.0. The van der Waals surface area contributed by atoms with E-state index in [9.17, 15) is 13.6 Å². The van der Waals surface area contributed by atoms with Crippen LogP contribution in [0.5, 0.6) is 11.5 Å². The molecular formula is C49H56F2N4O4Zn. The summed E-state index contributed by atoms with van der Waals surface area (Å²) in [5.41, 5.74) is 10.6. The minimum Gasteiger partial charge on any atom is -0.658 e. The molecule has 0 unspecified atom stereocenters. The number of esters is 1. The standard InChI is InChI=1S/C25H29FN2O3.C24H28FN2O.Zn/c1-13-19(24(29)30-8)15(3)27-21(13)23(22-14(2)20(26)16(4)28-22)31-18-11-9-17(10-12-18)25(5,6)7;1-13-14(2)21(26-16(13)4)23(22-15(3)20(25)17(5)27-22)28-19-11-9-18(10-12-19)24(6,7)8;/h9-12H,1-8H3,(H,27,28,29);9-12H,1-8H3;/q;-1;+2/p-1/b;23-22+;. The van der Waals surface area contributed by atoms with E-state index in [1.165, 1.54) is 12.7 Å². The van der Waals surface area contributed by atoms with Gasteiger partial charge in [-0.25, -0.2) is 23.6 Å². The average Bonchev–Trinajstić information content (AvgIpc) is 3.81. The third-order valence-corrected chi connectivity index (χ3v) is 10.8. The van der Waals surface area contributed by atoms with Gasteiger partial charge in [-0.2, -0.15) is 5.69 Å². The number of hydrogen-bond acceptors (Lipinski definition) is 6. The van der Waals surface area contributed by atoms with E-state index < -0.39 is 5.97 Å². The predicted molar refractivity (Wildman–Crippen MR) is 233 cm³/mol. The Morgan fingerprint density at radius 3 is 1.35 bits per heavy atom. The molecule has 6 rings (SSSR count). The Bertz CT molecular complexity index is 2500. The number of carbonyl (C=O) groups excluding carboxylic acids is 1. The van der Waals surface area contributed by atoms with Crippen molar-refractivity contribution in [2.24, 2.45) is 9.98 Å². The largest absolute Gasteiger partial charge is 2.00 e. The van der Waals surface area contributed by atoms with Crippen LogP contribution in [0.25, 0.3) is 11.5 Å². The summed E-state index contributed by atoms with van der Waals surface area (Å²) in [4.78, 5) is 30.3. The number of methoxy groups -OCH3 is 1. The van der Waals surface area contributed by atoms with Crippen LogP contribution in [0.4, 0.5) is 8.78 Å². The van der Waals surface area contributed by atoms with Crippen molar-refractivity contribution in [2.75, 3.05) is 7.11 Å². The third-order valence-electron chi connectivity index (χ3n) is 10.8. The maximum atomic E-state index is 14.5. The second-order valence-electron chi connectivity index (χ2n) is 17.2. The molecule has 312 valence electrons. The van der Waals surface area contributed by atoms with Crippen LogP contribution in [0.3, 0.4) is 0 Å². The van der Waals surface area contributed by atoms with Crippen LogP contribution in [-0.2, 0) is 39.8 Å². The second kappa shape index (κ2) is 18.2. The third kappa shape index (κ3) is 9.73. The maximum absolute atomic E-state index is 14.5. The zero-order valence-electron chi connectivity index (χ0n) is 38.0. The average molecular weight is 868 g/mol. The van der Waals surface area contributed by atoms with Crippen molar-refractivity contribution in [2.45, 2.75) is 115 Å². The molecule has 0 bridgehead atoms. The Morgan fingerprint density at radius 2 is 1.00 bits per heavy atom. The second-order valence-corrected chi connectivity index (χ2v) is 17.2. The first kappa shape index (κ1) is 47.5. The van der Waals surface area contributed by atoms with Gasteiger partial charge in [0.2, 0.25) is 0 Å². The van der Waals surface area contributed by atoms with E-state index in [0.29, 0.717) is 73.8 Å². The molecule has 8 nitrogen and oxygen atoms in total. The Kier molecular flexibility index (Phi) is 14.4. The number of aromatic nitrogens is 2. The number of benzene rings is 2. The molecule has 0 saturated heterocycles. The fraction of sp³-hybridized carbons (Fsp3) is 0.367. The maximum Gasteiger partial charge on any atom is 2.00 e. The van der Waals surface area contributed by atoms with Gasteiger partial charge in [-0.3, -0.25) is 0 Å². The van der Waals surface area contributed by atoms with E-state index >= 15 is 0 Å². The van der Waals surface area contributed by atoms with E-state index in [1.54, 1.807) is 41.5 Å². The number of nitrogens with zero attached hydrogens (tertiary/aromatic N) is 4.